The summed E-state index contributed by atoms with van der Waals surface area (Å²) < 4.78 is 31.6. The van der Waals surface area contributed by atoms with E-state index in [1.807, 2.05) is 0 Å². The third-order valence-corrected chi connectivity index (χ3v) is 2.51. The van der Waals surface area contributed by atoms with Crippen LogP contribution in [0.5, 0.6) is 0 Å². The highest BCUT2D eigenvalue weighted by atomic mass is 32.3. The van der Waals surface area contributed by atoms with Crippen LogP contribution in [0.25, 0.3) is 0 Å². The van der Waals surface area contributed by atoms with Crippen molar-refractivity contribution in [1.82, 2.24) is 9.97 Å². The van der Waals surface area contributed by atoms with Crippen LogP contribution in [-0.2, 0) is 10.4 Å². The summed E-state index contributed by atoms with van der Waals surface area (Å²) in [6.07, 6.45) is -2.01. The number of aliphatic hydroxyl groups excluding tert-OH is 2. The van der Waals surface area contributed by atoms with Gasteiger partial charge in [0.05, 0.1) is 18.7 Å². The van der Waals surface area contributed by atoms with Gasteiger partial charge in [0.1, 0.15) is 6.10 Å². The Kier molecular flexibility index (Phi) is 5.67. The topological polar surface area (TPSA) is 212 Å². The molecule has 12 nitrogen and oxygen atoms in total. The lowest BCUT2D eigenvalue weighted by molar-refractivity contribution is 0.0160. The molecule has 1 aromatic heterocycles. The monoisotopic (exact) mass is 337 g/mol. The standard InChI is InChI=1S/C9H13N5O3.H2O4S/c1-3(15)6(16)4-2-11-7-5(12-4)8(17)14-9(10)13-7;1-5(2,3)4/h3-4,6,15-16H,2H2,1H3,(H3,10,11,13,14,17);(H2,1,2,3,4)/t3-,4+,6-;/m0./s1. The summed E-state index contributed by atoms with van der Waals surface area (Å²) in [7, 11) is -4.67. The zero-order valence-corrected chi connectivity index (χ0v) is 12.1. The van der Waals surface area contributed by atoms with Gasteiger partial charge in [-0.25, -0.2) is 0 Å². The molecule has 0 aliphatic carbocycles. The Labute approximate surface area is 123 Å². The molecule has 1 aliphatic heterocycles. The molecule has 1 aliphatic rings. The number of nitrogens with zero attached hydrogens (tertiary/aromatic N) is 3. The minimum absolute atomic E-state index is 0.0257. The van der Waals surface area contributed by atoms with Gasteiger partial charge in [-0.3, -0.25) is 28.9 Å². The minimum atomic E-state index is -4.67. The Morgan fingerprint density at radius 1 is 1.36 bits per heavy atom. The van der Waals surface area contributed by atoms with Crippen LogP contribution in [-0.4, -0.2) is 62.5 Å². The molecule has 0 radical (unpaired) electrons. The smallest absolute Gasteiger partial charge is 0.391 e. The number of aromatic amines is 1. The fourth-order valence-corrected chi connectivity index (χ4v) is 1.59. The van der Waals surface area contributed by atoms with Crippen LogP contribution < -0.4 is 22.1 Å². The van der Waals surface area contributed by atoms with Gasteiger partial charge in [0.2, 0.25) is 5.95 Å². The first kappa shape index (κ1) is 18.1. The SMILES string of the molecule is C[C@H](O)[C@H](O)[C@H]1CN=c2nc(N)[nH]c(=O)c2=N1.O=S(=O)(O)O. The maximum Gasteiger partial charge on any atom is 0.394 e. The lowest BCUT2D eigenvalue weighted by atomic mass is 10.1. The van der Waals surface area contributed by atoms with E-state index in [4.69, 9.17) is 23.3 Å². The molecule has 0 aromatic carbocycles. The molecule has 2 rings (SSSR count). The number of aromatic nitrogens is 2. The zero-order valence-electron chi connectivity index (χ0n) is 11.3. The first-order valence-electron chi connectivity index (χ1n) is 5.83. The van der Waals surface area contributed by atoms with E-state index in [2.05, 4.69) is 20.0 Å². The van der Waals surface area contributed by atoms with Crippen molar-refractivity contribution in [2.24, 2.45) is 9.98 Å². The summed E-state index contributed by atoms with van der Waals surface area (Å²) in [5.41, 5.74) is 5.03. The van der Waals surface area contributed by atoms with E-state index in [1.54, 1.807) is 0 Å². The van der Waals surface area contributed by atoms with Crippen LogP contribution in [0.2, 0.25) is 0 Å². The fraction of sp³-hybridized carbons (Fsp3) is 0.556. The molecular formula is C9H15N5O7S. The van der Waals surface area contributed by atoms with Gasteiger partial charge >= 0.3 is 10.4 Å². The first-order chi connectivity index (χ1) is 9.99. The van der Waals surface area contributed by atoms with Crippen molar-refractivity contribution in [3.8, 4) is 0 Å². The highest BCUT2D eigenvalue weighted by molar-refractivity contribution is 7.79. The summed E-state index contributed by atoms with van der Waals surface area (Å²) in [6.45, 7) is 1.61. The molecule has 0 amide bonds. The maximum atomic E-state index is 11.5. The molecule has 0 fully saturated rings. The van der Waals surface area contributed by atoms with Crippen molar-refractivity contribution in [3.63, 3.8) is 0 Å². The lowest BCUT2D eigenvalue weighted by Crippen LogP contribution is -2.50. The number of nitrogens with two attached hydrogens (primary N) is 1. The summed E-state index contributed by atoms with van der Waals surface area (Å²) >= 11 is 0. The van der Waals surface area contributed by atoms with Crippen molar-refractivity contribution in [2.75, 3.05) is 12.3 Å². The van der Waals surface area contributed by atoms with E-state index in [-0.39, 0.29) is 23.3 Å². The zero-order chi connectivity index (χ0) is 17.1. The fourth-order valence-electron chi connectivity index (χ4n) is 1.59. The van der Waals surface area contributed by atoms with E-state index in [0.717, 1.165) is 0 Å². The van der Waals surface area contributed by atoms with Crippen molar-refractivity contribution in [3.05, 3.63) is 21.2 Å². The highest BCUT2D eigenvalue weighted by Crippen LogP contribution is 2.04. The molecule has 22 heavy (non-hydrogen) atoms. The Balaban J connectivity index is 0.000000422. The second-order valence-electron chi connectivity index (χ2n) is 4.34. The largest absolute Gasteiger partial charge is 0.394 e. The molecule has 0 unspecified atom stereocenters. The summed E-state index contributed by atoms with van der Waals surface area (Å²) in [5, 5.41) is 19.0. The predicted octanol–water partition coefficient (Wildman–Crippen LogP) is -3.94. The molecular weight excluding hydrogens is 322 g/mol. The number of hydrogen-bond donors (Lipinski definition) is 6. The summed E-state index contributed by atoms with van der Waals surface area (Å²) in [6, 6.07) is -0.644. The molecule has 1 aromatic rings. The normalized spacial score (nSPS) is 19.6. The van der Waals surface area contributed by atoms with Crippen molar-refractivity contribution < 1.29 is 27.7 Å². The minimum Gasteiger partial charge on any atom is -0.391 e. The van der Waals surface area contributed by atoms with Gasteiger partial charge in [0.25, 0.3) is 5.56 Å². The number of aliphatic hydroxyl groups is 2. The lowest BCUT2D eigenvalue weighted by Gasteiger charge is -2.21. The molecule has 3 atom stereocenters. The molecule has 2 heterocycles. The van der Waals surface area contributed by atoms with Crippen LogP contribution in [0.4, 0.5) is 5.95 Å². The van der Waals surface area contributed by atoms with Gasteiger partial charge < -0.3 is 15.9 Å². The second kappa shape index (κ2) is 6.89. The Hall–Kier alpha value is -1.93. The van der Waals surface area contributed by atoms with Gasteiger partial charge in [0, 0.05) is 0 Å². The van der Waals surface area contributed by atoms with Gasteiger partial charge in [-0.1, -0.05) is 0 Å². The predicted molar refractivity (Wildman–Crippen MR) is 72.1 cm³/mol. The summed E-state index contributed by atoms with van der Waals surface area (Å²) in [5.74, 6) is -0.0257. The van der Waals surface area contributed by atoms with Crippen molar-refractivity contribution in [1.29, 1.82) is 0 Å². The summed E-state index contributed by atoms with van der Waals surface area (Å²) in [4.78, 5) is 25.7. The Morgan fingerprint density at radius 3 is 2.41 bits per heavy atom. The van der Waals surface area contributed by atoms with Gasteiger partial charge in [-0.2, -0.15) is 13.4 Å². The second-order valence-corrected chi connectivity index (χ2v) is 5.24. The average Bonchev–Trinajstić information content (AvgIpc) is 2.35. The molecule has 7 N–H and O–H groups in total. The van der Waals surface area contributed by atoms with Crippen LogP contribution in [0.1, 0.15) is 6.92 Å². The average molecular weight is 337 g/mol. The third-order valence-electron chi connectivity index (χ3n) is 2.51. The van der Waals surface area contributed by atoms with E-state index >= 15 is 0 Å². The van der Waals surface area contributed by atoms with E-state index in [1.165, 1.54) is 6.92 Å². The van der Waals surface area contributed by atoms with Crippen molar-refractivity contribution >= 4 is 16.3 Å². The molecule has 0 saturated carbocycles. The molecule has 0 bridgehead atoms. The van der Waals surface area contributed by atoms with Crippen LogP contribution >= 0.6 is 0 Å². The number of anilines is 1. The molecule has 124 valence electrons. The third kappa shape index (κ3) is 5.45. The Morgan fingerprint density at radius 2 is 1.91 bits per heavy atom. The highest BCUT2D eigenvalue weighted by Gasteiger charge is 2.24. The molecule has 0 saturated heterocycles. The van der Waals surface area contributed by atoms with Crippen LogP contribution in [0.3, 0.4) is 0 Å². The van der Waals surface area contributed by atoms with E-state index in [9.17, 15) is 15.0 Å². The van der Waals surface area contributed by atoms with Gasteiger partial charge in [-0.05, 0) is 6.92 Å². The number of hydrogen-bond acceptors (Lipinski definition) is 9. The molecule has 0 spiro atoms. The number of nitrogen functional groups attached to an aromatic ring is 1. The molecule has 13 heteroatoms. The quantitative estimate of drug-likeness (QED) is 0.290. The Bertz CT molecular complexity index is 795. The number of rotatable bonds is 2. The van der Waals surface area contributed by atoms with Crippen LogP contribution in [0.15, 0.2) is 14.8 Å². The van der Waals surface area contributed by atoms with Gasteiger partial charge in [0.15, 0.2) is 10.8 Å². The number of fused-ring (bicyclic) bond motifs is 1. The van der Waals surface area contributed by atoms with Gasteiger partial charge in [-0.15, -0.1) is 0 Å². The van der Waals surface area contributed by atoms with Crippen molar-refractivity contribution in [2.45, 2.75) is 25.2 Å². The number of nitrogens with one attached hydrogen (secondary N) is 1. The maximum absolute atomic E-state index is 11.5. The number of H-pyrrole nitrogens is 1. The first-order valence-corrected chi connectivity index (χ1v) is 7.23. The van der Waals surface area contributed by atoms with E-state index in [0.29, 0.717) is 0 Å². The van der Waals surface area contributed by atoms with Crippen LogP contribution in [0, 0.1) is 0 Å². The van der Waals surface area contributed by atoms with E-state index < -0.39 is 34.2 Å².